The third-order valence-corrected chi connectivity index (χ3v) is 2.44. The quantitative estimate of drug-likeness (QED) is 0.631. The van der Waals surface area contributed by atoms with Gasteiger partial charge >= 0.3 is 0 Å². The van der Waals surface area contributed by atoms with Crippen LogP contribution in [0, 0.1) is 0 Å². The number of rotatable bonds is 0. The summed E-state index contributed by atoms with van der Waals surface area (Å²) in [5.41, 5.74) is 6.00. The predicted octanol–water partition coefficient (Wildman–Crippen LogP) is 1.32. The molecule has 0 fully saturated rings. The Kier molecular flexibility index (Phi) is 1.40. The fraction of sp³-hybridized carbons (Fsp3) is 0. The second-order valence-corrected chi connectivity index (χ2v) is 3.26. The van der Waals surface area contributed by atoms with Crippen molar-refractivity contribution in [3.05, 3.63) is 11.5 Å². The van der Waals surface area contributed by atoms with Crippen LogP contribution >= 0.6 is 22.9 Å². The molecule has 56 valence electrons. The summed E-state index contributed by atoms with van der Waals surface area (Å²) in [5.74, 6) is 0. The van der Waals surface area contributed by atoms with Crippen molar-refractivity contribution < 1.29 is 0 Å². The van der Waals surface area contributed by atoms with Crippen molar-refractivity contribution in [3.63, 3.8) is 0 Å². The van der Waals surface area contributed by atoms with E-state index in [4.69, 9.17) is 17.3 Å². The second-order valence-electron chi connectivity index (χ2n) is 1.87. The molecular weight excluding hydrogens is 184 g/mol. The SMILES string of the molecule is Nc1nc2ncnc(Cl)c2s1. The highest BCUT2D eigenvalue weighted by atomic mass is 35.5. The van der Waals surface area contributed by atoms with E-state index in [2.05, 4.69) is 15.0 Å². The molecule has 0 aliphatic heterocycles. The lowest BCUT2D eigenvalue weighted by atomic mass is 10.6. The first-order chi connectivity index (χ1) is 5.27. The van der Waals surface area contributed by atoms with Crippen molar-refractivity contribution in [2.75, 3.05) is 5.73 Å². The summed E-state index contributed by atoms with van der Waals surface area (Å²) in [6.45, 7) is 0. The monoisotopic (exact) mass is 186 g/mol. The Balaban J connectivity index is 2.90. The Morgan fingerprint density at radius 1 is 1.45 bits per heavy atom. The molecule has 0 saturated carbocycles. The van der Waals surface area contributed by atoms with Gasteiger partial charge in [-0.3, -0.25) is 0 Å². The van der Waals surface area contributed by atoms with Gasteiger partial charge in [0.15, 0.2) is 15.9 Å². The first-order valence-electron chi connectivity index (χ1n) is 2.80. The molecule has 2 aromatic rings. The molecule has 2 aromatic heterocycles. The molecule has 0 atom stereocenters. The molecule has 2 rings (SSSR count). The number of thiazole rings is 1. The average molecular weight is 187 g/mol. The Morgan fingerprint density at radius 3 is 3.00 bits per heavy atom. The van der Waals surface area contributed by atoms with Crippen LogP contribution in [0.15, 0.2) is 6.33 Å². The smallest absolute Gasteiger partial charge is 0.182 e. The van der Waals surface area contributed by atoms with Gasteiger partial charge in [0, 0.05) is 0 Å². The molecule has 2 heterocycles. The van der Waals surface area contributed by atoms with E-state index >= 15 is 0 Å². The number of nitrogens with two attached hydrogens (primary N) is 1. The zero-order valence-corrected chi connectivity index (χ0v) is 6.85. The molecule has 0 saturated heterocycles. The fourth-order valence-electron chi connectivity index (χ4n) is 0.743. The molecule has 6 heteroatoms. The minimum atomic E-state index is 0.407. The third kappa shape index (κ3) is 1.02. The lowest BCUT2D eigenvalue weighted by Gasteiger charge is -1.85. The summed E-state index contributed by atoms with van der Waals surface area (Å²) in [6.07, 6.45) is 1.36. The van der Waals surface area contributed by atoms with Crippen LogP contribution < -0.4 is 5.73 Å². The maximum absolute atomic E-state index is 5.73. The zero-order valence-electron chi connectivity index (χ0n) is 5.28. The van der Waals surface area contributed by atoms with Gasteiger partial charge in [-0.2, -0.15) is 0 Å². The molecule has 0 amide bonds. The van der Waals surface area contributed by atoms with Crippen molar-refractivity contribution in [2.24, 2.45) is 0 Å². The van der Waals surface area contributed by atoms with Gasteiger partial charge in [-0.1, -0.05) is 22.9 Å². The van der Waals surface area contributed by atoms with Crippen LogP contribution in [0.3, 0.4) is 0 Å². The van der Waals surface area contributed by atoms with Gasteiger partial charge in [-0.05, 0) is 0 Å². The summed E-state index contributed by atoms with van der Waals surface area (Å²) in [4.78, 5) is 11.6. The maximum atomic E-state index is 5.73. The average Bonchev–Trinajstić information content (AvgIpc) is 2.31. The second kappa shape index (κ2) is 2.28. The minimum absolute atomic E-state index is 0.407. The standard InChI is InChI=1S/C5H3ClN4S/c6-3-2-4(9-1-8-3)10-5(7)11-2/h1H,(H2,7,8,9,10). The van der Waals surface area contributed by atoms with Crippen LogP contribution in [0.5, 0.6) is 0 Å². The molecule has 0 bridgehead atoms. The summed E-state index contributed by atoms with van der Waals surface area (Å²) in [6, 6.07) is 0. The number of anilines is 1. The number of fused-ring (bicyclic) bond motifs is 1. The maximum Gasteiger partial charge on any atom is 0.182 e. The molecule has 0 unspecified atom stereocenters. The number of nitrogen functional groups attached to an aromatic ring is 1. The third-order valence-electron chi connectivity index (χ3n) is 1.16. The number of hydrogen-bond donors (Lipinski definition) is 1. The van der Waals surface area contributed by atoms with Crippen LogP contribution in [0.2, 0.25) is 5.15 Å². The van der Waals surface area contributed by atoms with E-state index in [1.54, 1.807) is 0 Å². The number of aromatic nitrogens is 3. The molecule has 0 aliphatic carbocycles. The van der Waals surface area contributed by atoms with Gasteiger partial charge in [-0.15, -0.1) is 0 Å². The Labute approximate surface area is 71.1 Å². The normalized spacial score (nSPS) is 10.6. The molecule has 4 nitrogen and oxygen atoms in total. The summed E-state index contributed by atoms with van der Waals surface area (Å²) >= 11 is 7.02. The Morgan fingerprint density at radius 2 is 2.27 bits per heavy atom. The van der Waals surface area contributed by atoms with Crippen molar-refractivity contribution in [2.45, 2.75) is 0 Å². The topological polar surface area (TPSA) is 64.7 Å². The molecule has 0 aliphatic rings. The number of halogens is 1. The van der Waals surface area contributed by atoms with E-state index in [-0.39, 0.29) is 0 Å². The summed E-state index contributed by atoms with van der Waals surface area (Å²) < 4.78 is 0.742. The van der Waals surface area contributed by atoms with Gasteiger partial charge in [0.2, 0.25) is 0 Å². The molecule has 0 radical (unpaired) electrons. The summed E-state index contributed by atoms with van der Waals surface area (Å²) in [5, 5.41) is 0.867. The van der Waals surface area contributed by atoms with Crippen LogP contribution in [0.4, 0.5) is 5.13 Å². The molecular formula is C5H3ClN4S. The van der Waals surface area contributed by atoms with Crippen LogP contribution in [-0.4, -0.2) is 15.0 Å². The van der Waals surface area contributed by atoms with Crippen LogP contribution in [0.1, 0.15) is 0 Å². The Bertz CT molecular complexity index is 398. The fourth-order valence-corrected chi connectivity index (χ4v) is 1.65. The van der Waals surface area contributed by atoms with E-state index in [9.17, 15) is 0 Å². The highest BCUT2D eigenvalue weighted by Gasteiger charge is 2.05. The van der Waals surface area contributed by atoms with Crippen LogP contribution in [0.25, 0.3) is 10.3 Å². The predicted molar refractivity (Wildman–Crippen MR) is 44.6 cm³/mol. The number of hydrogen-bond acceptors (Lipinski definition) is 5. The van der Waals surface area contributed by atoms with Crippen molar-refractivity contribution in [3.8, 4) is 0 Å². The molecule has 2 N–H and O–H groups in total. The van der Waals surface area contributed by atoms with Gasteiger partial charge in [0.05, 0.1) is 0 Å². The highest BCUT2D eigenvalue weighted by molar-refractivity contribution is 7.22. The minimum Gasteiger partial charge on any atom is -0.375 e. The van der Waals surface area contributed by atoms with E-state index < -0.39 is 0 Å². The lowest BCUT2D eigenvalue weighted by molar-refractivity contribution is 1.20. The Hall–Kier alpha value is -0.940. The van der Waals surface area contributed by atoms with Crippen molar-refractivity contribution in [1.82, 2.24) is 15.0 Å². The van der Waals surface area contributed by atoms with Gasteiger partial charge < -0.3 is 5.73 Å². The summed E-state index contributed by atoms with van der Waals surface area (Å²) in [7, 11) is 0. The molecule has 0 aromatic carbocycles. The van der Waals surface area contributed by atoms with E-state index in [1.165, 1.54) is 17.7 Å². The van der Waals surface area contributed by atoms with Gasteiger partial charge in [0.1, 0.15) is 11.0 Å². The van der Waals surface area contributed by atoms with E-state index in [1.807, 2.05) is 0 Å². The number of nitrogens with zero attached hydrogens (tertiary/aromatic N) is 3. The largest absolute Gasteiger partial charge is 0.375 e. The highest BCUT2D eigenvalue weighted by Crippen LogP contribution is 2.26. The first kappa shape index (κ1) is 6.75. The first-order valence-corrected chi connectivity index (χ1v) is 3.99. The van der Waals surface area contributed by atoms with Crippen molar-refractivity contribution >= 4 is 38.4 Å². The lowest BCUT2D eigenvalue weighted by Crippen LogP contribution is -1.82. The molecule has 0 spiro atoms. The molecule has 11 heavy (non-hydrogen) atoms. The van der Waals surface area contributed by atoms with Gasteiger partial charge in [-0.25, -0.2) is 15.0 Å². The zero-order chi connectivity index (χ0) is 7.84. The van der Waals surface area contributed by atoms with Gasteiger partial charge in [0.25, 0.3) is 0 Å². The van der Waals surface area contributed by atoms with E-state index in [0.717, 1.165) is 4.70 Å². The van der Waals surface area contributed by atoms with E-state index in [0.29, 0.717) is 15.9 Å². The van der Waals surface area contributed by atoms with Crippen LogP contribution in [-0.2, 0) is 0 Å². The van der Waals surface area contributed by atoms with Crippen molar-refractivity contribution in [1.29, 1.82) is 0 Å².